The molecule has 0 heterocycles. The van der Waals surface area contributed by atoms with Crippen LogP contribution in [0.1, 0.15) is 5.56 Å². The number of hydrogen-bond acceptors (Lipinski definition) is 2. The second-order valence-electron chi connectivity index (χ2n) is 2.33. The molecule has 0 saturated carbocycles. The second-order valence-corrected chi connectivity index (χ2v) is 2.33. The third kappa shape index (κ3) is 2.72. The molecule has 0 saturated heterocycles. The van der Waals surface area contributed by atoms with Crippen molar-refractivity contribution < 1.29 is 4.79 Å². The summed E-state index contributed by atoms with van der Waals surface area (Å²) in [6.45, 7) is 1.65. The van der Waals surface area contributed by atoms with Crippen LogP contribution in [0.5, 0.6) is 0 Å². The highest BCUT2D eigenvalue weighted by Gasteiger charge is 1.96. The van der Waals surface area contributed by atoms with Crippen LogP contribution >= 0.6 is 0 Å². The highest BCUT2D eigenvalue weighted by atomic mass is 16.1. The molecule has 0 aliphatic rings. The van der Waals surface area contributed by atoms with Crippen molar-refractivity contribution in [2.45, 2.75) is 0 Å². The summed E-state index contributed by atoms with van der Waals surface area (Å²) in [5.41, 5.74) is 6.06. The molecule has 0 aliphatic heterocycles. The lowest BCUT2D eigenvalue weighted by atomic mass is 10.2. The zero-order chi connectivity index (χ0) is 8.81. The maximum atomic E-state index is 10.7. The van der Waals surface area contributed by atoms with Crippen molar-refractivity contribution in [3.8, 4) is 0 Å². The molecule has 3 nitrogen and oxygen atoms in total. The molecule has 1 aromatic rings. The lowest BCUT2D eigenvalue weighted by Crippen LogP contribution is -2.28. The number of nitrogens with two attached hydrogens (primary N) is 1. The minimum Gasteiger partial charge on any atom is -0.346 e. The molecule has 1 radical (unpaired) electrons. The molecule has 0 bridgehead atoms. The summed E-state index contributed by atoms with van der Waals surface area (Å²) in [4.78, 5) is 10.7. The first-order chi connectivity index (χ1) is 5.83. The predicted octanol–water partition coefficient (Wildman–Crippen LogP) is 0.271. The molecule has 0 fully saturated rings. The SMILES string of the molecule is NCC(=O)N[CH]c1ccccc1. The van der Waals surface area contributed by atoms with E-state index < -0.39 is 0 Å². The van der Waals surface area contributed by atoms with E-state index in [-0.39, 0.29) is 12.5 Å². The first kappa shape index (κ1) is 8.74. The zero-order valence-corrected chi connectivity index (χ0v) is 6.66. The number of hydrogen-bond donors (Lipinski definition) is 2. The van der Waals surface area contributed by atoms with Gasteiger partial charge in [0.05, 0.1) is 13.1 Å². The van der Waals surface area contributed by atoms with Gasteiger partial charge in [0.1, 0.15) is 0 Å². The number of carbonyl (C=O) groups excluding carboxylic acids is 1. The molecule has 1 aromatic carbocycles. The summed E-state index contributed by atoms with van der Waals surface area (Å²) >= 11 is 0. The highest BCUT2D eigenvalue weighted by molar-refractivity contribution is 5.78. The van der Waals surface area contributed by atoms with Gasteiger partial charge in [0.2, 0.25) is 5.91 Å². The van der Waals surface area contributed by atoms with E-state index in [1.165, 1.54) is 0 Å². The van der Waals surface area contributed by atoms with Crippen molar-refractivity contribution in [3.63, 3.8) is 0 Å². The zero-order valence-electron chi connectivity index (χ0n) is 6.66. The Morgan fingerprint density at radius 2 is 2.08 bits per heavy atom. The van der Waals surface area contributed by atoms with Crippen LogP contribution in [0.25, 0.3) is 0 Å². The molecule has 0 atom stereocenters. The molecule has 12 heavy (non-hydrogen) atoms. The molecule has 63 valence electrons. The van der Waals surface area contributed by atoms with E-state index >= 15 is 0 Å². The number of benzene rings is 1. The van der Waals surface area contributed by atoms with Crippen molar-refractivity contribution in [2.75, 3.05) is 6.54 Å². The first-order valence-electron chi connectivity index (χ1n) is 3.70. The number of amides is 1. The Morgan fingerprint density at radius 1 is 1.42 bits per heavy atom. The summed E-state index contributed by atoms with van der Waals surface area (Å²) in [6.07, 6.45) is 0. The van der Waals surface area contributed by atoms with Gasteiger partial charge in [0.15, 0.2) is 0 Å². The Kier molecular flexibility index (Phi) is 3.29. The van der Waals surface area contributed by atoms with Crippen molar-refractivity contribution in [3.05, 3.63) is 42.4 Å². The van der Waals surface area contributed by atoms with Gasteiger partial charge in [0.25, 0.3) is 0 Å². The van der Waals surface area contributed by atoms with E-state index in [0.29, 0.717) is 0 Å². The Hall–Kier alpha value is -1.35. The fraction of sp³-hybridized carbons (Fsp3) is 0.111. The third-order valence-corrected chi connectivity index (χ3v) is 1.38. The van der Waals surface area contributed by atoms with Gasteiger partial charge in [-0.1, -0.05) is 30.3 Å². The Labute approximate surface area is 71.6 Å². The van der Waals surface area contributed by atoms with Gasteiger partial charge in [0, 0.05) is 0 Å². The molecular weight excluding hydrogens is 152 g/mol. The normalized spacial score (nSPS) is 9.42. The van der Waals surface area contributed by atoms with Crippen LogP contribution < -0.4 is 11.1 Å². The van der Waals surface area contributed by atoms with Crippen molar-refractivity contribution in [1.82, 2.24) is 5.32 Å². The summed E-state index contributed by atoms with van der Waals surface area (Å²) in [7, 11) is 0. The number of nitrogens with one attached hydrogen (secondary N) is 1. The van der Waals surface area contributed by atoms with E-state index in [2.05, 4.69) is 5.32 Å². The molecule has 0 aliphatic carbocycles. The molecule has 3 heteroatoms. The second kappa shape index (κ2) is 4.51. The maximum Gasteiger partial charge on any atom is 0.234 e. The Bertz CT molecular complexity index is 246. The highest BCUT2D eigenvalue weighted by Crippen LogP contribution is 1.98. The van der Waals surface area contributed by atoms with Crippen LogP contribution in [-0.2, 0) is 4.79 Å². The first-order valence-corrected chi connectivity index (χ1v) is 3.70. The van der Waals surface area contributed by atoms with Gasteiger partial charge < -0.3 is 11.1 Å². The molecule has 3 N–H and O–H groups in total. The fourth-order valence-corrected chi connectivity index (χ4v) is 0.772. The largest absolute Gasteiger partial charge is 0.346 e. The number of carbonyl (C=O) groups is 1. The molecule has 1 amide bonds. The standard InChI is InChI=1S/C9H11N2O/c10-6-9(12)11-7-8-4-2-1-3-5-8/h1-5,7H,6,10H2,(H,11,12). The average Bonchev–Trinajstić information content (AvgIpc) is 2.16. The van der Waals surface area contributed by atoms with Crippen LogP contribution in [0.15, 0.2) is 30.3 Å². The lowest BCUT2D eigenvalue weighted by molar-refractivity contribution is -0.119. The molecular formula is C9H11N2O. The van der Waals surface area contributed by atoms with Gasteiger partial charge in [-0.25, -0.2) is 0 Å². The van der Waals surface area contributed by atoms with E-state index in [1.807, 2.05) is 30.3 Å². The summed E-state index contributed by atoms with van der Waals surface area (Å²) in [5.74, 6) is -0.182. The summed E-state index contributed by atoms with van der Waals surface area (Å²) < 4.78 is 0. The smallest absolute Gasteiger partial charge is 0.234 e. The third-order valence-electron chi connectivity index (χ3n) is 1.38. The quantitative estimate of drug-likeness (QED) is 0.672. The average molecular weight is 163 g/mol. The molecule has 0 unspecified atom stereocenters. The minimum absolute atomic E-state index is 0.0172. The van der Waals surface area contributed by atoms with Crippen molar-refractivity contribution in [2.24, 2.45) is 5.73 Å². The van der Waals surface area contributed by atoms with Gasteiger partial charge in [-0.15, -0.1) is 0 Å². The van der Waals surface area contributed by atoms with Crippen LogP contribution in [0, 0.1) is 6.54 Å². The minimum atomic E-state index is -0.182. The van der Waals surface area contributed by atoms with Gasteiger partial charge in [-0.05, 0) is 5.56 Å². The Morgan fingerprint density at radius 3 is 2.67 bits per heavy atom. The molecule has 0 aromatic heterocycles. The van der Waals surface area contributed by atoms with Crippen LogP contribution in [0.3, 0.4) is 0 Å². The lowest BCUT2D eigenvalue weighted by Gasteiger charge is -2.01. The van der Waals surface area contributed by atoms with E-state index in [9.17, 15) is 4.79 Å². The maximum absolute atomic E-state index is 10.7. The van der Waals surface area contributed by atoms with Crippen molar-refractivity contribution >= 4 is 5.91 Å². The monoisotopic (exact) mass is 163 g/mol. The fourth-order valence-electron chi connectivity index (χ4n) is 0.772. The summed E-state index contributed by atoms with van der Waals surface area (Å²) in [6, 6.07) is 9.52. The van der Waals surface area contributed by atoms with Gasteiger partial charge in [-0.2, -0.15) is 0 Å². The topological polar surface area (TPSA) is 55.1 Å². The van der Waals surface area contributed by atoms with Crippen LogP contribution in [0.4, 0.5) is 0 Å². The molecule has 0 spiro atoms. The van der Waals surface area contributed by atoms with Gasteiger partial charge in [-0.3, -0.25) is 4.79 Å². The number of rotatable bonds is 3. The molecule has 1 rings (SSSR count). The van der Waals surface area contributed by atoms with E-state index in [4.69, 9.17) is 5.73 Å². The Balaban J connectivity index is 2.38. The van der Waals surface area contributed by atoms with Crippen molar-refractivity contribution in [1.29, 1.82) is 0 Å². The van der Waals surface area contributed by atoms with Crippen LogP contribution in [-0.4, -0.2) is 12.5 Å². The van der Waals surface area contributed by atoms with Crippen LogP contribution in [0.2, 0.25) is 0 Å². The van der Waals surface area contributed by atoms with E-state index in [0.717, 1.165) is 5.56 Å². The summed E-state index contributed by atoms with van der Waals surface area (Å²) in [5, 5.41) is 2.56. The van der Waals surface area contributed by atoms with E-state index in [1.54, 1.807) is 6.54 Å². The van der Waals surface area contributed by atoms with Gasteiger partial charge >= 0.3 is 0 Å². The predicted molar refractivity (Wildman–Crippen MR) is 47.0 cm³/mol.